The zero-order valence-corrected chi connectivity index (χ0v) is 11.9. The van der Waals surface area contributed by atoms with E-state index in [-0.39, 0.29) is 5.91 Å². The van der Waals surface area contributed by atoms with Crippen LogP contribution < -0.4 is 10.1 Å². The molecular formula is C15H22N2O3. The summed E-state index contributed by atoms with van der Waals surface area (Å²) in [6.45, 7) is 1.58. The standard InChI is InChI=1S/C15H22N2O3/c1-19-13-7-9-16-14(11-13)15(18)17-8-3-2-5-12-6-4-10-20-12/h7,9,11-12H,2-6,8,10H2,1H3,(H,17,18)/t12-/m0/s1. The summed E-state index contributed by atoms with van der Waals surface area (Å²) in [4.78, 5) is 15.9. The van der Waals surface area contributed by atoms with E-state index in [1.54, 1.807) is 25.4 Å². The largest absolute Gasteiger partial charge is 0.497 e. The molecular weight excluding hydrogens is 256 g/mol. The fourth-order valence-electron chi connectivity index (χ4n) is 2.32. The van der Waals surface area contributed by atoms with Crippen LogP contribution in [0.1, 0.15) is 42.6 Å². The summed E-state index contributed by atoms with van der Waals surface area (Å²) in [5.41, 5.74) is 0.392. The Morgan fingerprint density at radius 1 is 1.55 bits per heavy atom. The second kappa shape index (κ2) is 7.85. The lowest BCUT2D eigenvalue weighted by Crippen LogP contribution is -2.25. The molecule has 1 fully saturated rings. The molecule has 1 saturated heterocycles. The third kappa shape index (κ3) is 4.49. The summed E-state index contributed by atoms with van der Waals surface area (Å²) < 4.78 is 10.6. The van der Waals surface area contributed by atoms with Crippen molar-refractivity contribution in [3.05, 3.63) is 24.0 Å². The van der Waals surface area contributed by atoms with Crippen molar-refractivity contribution in [3.8, 4) is 5.75 Å². The summed E-state index contributed by atoms with van der Waals surface area (Å²) >= 11 is 0. The van der Waals surface area contributed by atoms with E-state index in [1.165, 1.54) is 12.8 Å². The molecule has 0 spiro atoms. The van der Waals surface area contributed by atoms with Gasteiger partial charge in [-0.25, -0.2) is 0 Å². The van der Waals surface area contributed by atoms with Crippen molar-refractivity contribution >= 4 is 5.91 Å². The van der Waals surface area contributed by atoms with Gasteiger partial charge in [0, 0.05) is 25.4 Å². The molecule has 1 aliphatic heterocycles. The van der Waals surface area contributed by atoms with Crippen molar-refractivity contribution in [3.63, 3.8) is 0 Å². The van der Waals surface area contributed by atoms with Crippen LogP contribution in [0.25, 0.3) is 0 Å². The van der Waals surface area contributed by atoms with Gasteiger partial charge in [0.25, 0.3) is 5.91 Å². The van der Waals surface area contributed by atoms with Gasteiger partial charge in [-0.1, -0.05) is 0 Å². The van der Waals surface area contributed by atoms with Gasteiger partial charge in [0.05, 0.1) is 13.2 Å². The second-order valence-corrected chi connectivity index (χ2v) is 4.97. The van der Waals surface area contributed by atoms with Gasteiger partial charge in [0.15, 0.2) is 0 Å². The maximum Gasteiger partial charge on any atom is 0.270 e. The minimum absolute atomic E-state index is 0.152. The first kappa shape index (κ1) is 14.8. The Hall–Kier alpha value is -1.62. The third-order valence-electron chi connectivity index (χ3n) is 3.46. The van der Waals surface area contributed by atoms with Gasteiger partial charge < -0.3 is 14.8 Å². The highest BCUT2D eigenvalue weighted by atomic mass is 16.5. The van der Waals surface area contributed by atoms with Crippen LogP contribution in [0.2, 0.25) is 0 Å². The highest BCUT2D eigenvalue weighted by molar-refractivity contribution is 5.92. The van der Waals surface area contributed by atoms with E-state index in [0.717, 1.165) is 25.9 Å². The molecule has 1 amide bonds. The van der Waals surface area contributed by atoms with Gasteiger partial charge >= 0.3 is 0 Å². The fraction of sp³-hybridized carbons (Fsp3) is 0.600. The van der Waals surface area contributed by atoms with Crippen molar-refractivity contribution in [2.24, 2.45) is 0 Å². The van der Waals surface area contributed by atoms with Crippen molar-refractivity contribution < 1.29 is 14.3 Å². The minimum Gasteiger partial charge on any atom is -0.497 e. The van der Waals surface area contributed by atoms with Crippen LogP contribution in [0, 0.1) is 0 Å². The van der Waals surface area contributed by atoms with Crippen molar-refractivity contribution in [1.82, 2.24) is 10.3 Å². The smallest absolute Gasteiger partial charge is 0.270 e. The molecule has 2 rings (SSSR count). The summed E-state index contributed by atoms with van der Waals surface area (Å²) in [6, 6.07) is 3.36. The van der Waals surface area contributed by atoms with E-state index in [1.807, 2.05) is 0 Å². The first-order chi connectivity index (χ1) is 9.79. The highest BCUT2D eigenvalue weighted by Crippen LogP contribution is 2.17. The van der Waals surface area contributed by atoms with E-state index in [0.29, 0.717) is 24.1 Å². The van der Waals surface area contributed by atoms with Crippen LogP contribution in [0.5, 0.6) is 5.75 Å². The summed E-state index contributed by atoms with van der Waals surface area (Å²) in [5.74, 6) is 0.490. The molecule has 1 aromatic heterocycles. The van der Waals surface area contributed by atoms with Crippen molar-refractivity contribution in [1.29, 1.82) is 0 Å². The van der Waals surface area contributed by atoms with Gasteiger partial charge in [-0.15, -0.1) is 0 Å². The number of carbonyl (C=O) groups is 1. The number of rotatable bonds is 7. The Morgan fingerprint density at radius 2 is 2.45 bits per heavy atom. The zero-order chi connectivity index (χ0) is 14.2. The number of aromatic nitrogens is 1. The molecule has 5 nitrogen and oxygen atoms in total. The maximum atomic E-state index is 11.9. The molecule has 1 aliphatic rings. The van der Waals surface area contributed by atoms with Gasteiger partial charge in [0.2, 0.25) is 0 Å². The van der Waals surface area contributed by atoms with E-state index in [9.17, 15) is 4.79 Å². The first-order valence-electron chi connectivity index (χ1n) is 7.19. The number of nitrogens with one attached hydrogen (secondary N) is 1. The number of amides is 1. The van der Waals surface area contributed by atoms with E-state index < -0.39 is 0 Å². The Morgan fingerprint density at radius 3 is 3.20 bits per heavy atom. The summed E-state index contributed by atoms with van der Waals surface area (Å²) in [7, 11) is 1.57. The van der Waals surface area contributed by atoms with Crippen LogP contribution in [0.4, 0.5) is 0 Å². The lowest BCUT2D eigenvalue weighted by Gasteiger charge is -2.09. The van der Waals surface area contributed by atoms with Gasteiger partial charge in [-0.05, 0) is 38.2 Å². The number of unbranched alkanes of at least 4 members (excludes halogenated alkanes) is 1. The van der Waals surface area contributed by atoms with Crippen LogP contribution in [-0.4, -0.2) is 37.3 Å². The lowest BCUT2D eigenvalue weighted by atomic mass is 10.1. The number of hydrogen-bond acceptors (Lipinski definition) is 4. The van der Waals surface area contributed by atoms with Crippen LogP contribution in [-0.2, 0) is 4.74 Å². The predicted octanol–water partition coefficient (Wildman–Crippen LogP) is 2.17. The molecule has 1 atom stereocenters. The van der Waals surface area contributed by atoms with Gasteiger partial charge in [-0.2, -0.15) is 0 Å². The number of nitrogens with zero attached hydrogens (tertiary/aromatic N) is 1. The SMILES string of the molecule is COc1ccnc(C(=O)NCCCC[C@H]2CCCO2)c1. The number of methoxy groups -OCH3 is 1. The molecule has 0 bridgehead atoms. The molecule has 5 heteroatoms. The molecule has 0 radical (unpaired) electrons. The summed E-state index contributed by atoms with van der Waals surface area (Å²) in [5, 5.41) is 2.88. The average molecular weight is 278 g/mol. The van der Waals surface area contributed by atoms with Gasteiger partial charge in [-0.3, -0.25) is 9.78 Å². The van der Waals surface area contributed by atoms with Crippen LogP contribution >= 0.6 is 0 Å². The molecule has 0 unspecified atom stereocenters. The quantitative estimate of drug-likeness (QED) is 0.777. The van der Waals surface area contributed by atoms with Crippen molar-refractivity contribution in [2.75, 3.05) is 20.3 Å². The maximum absolute atomic E-state index is 11.9. The normalized spacial score (nSPS) is 17.9. The van der Waals surface area contributed by atoms with E-state index in [2.05, 4.69) is 10.3 Å². The molecule has 1 aromatic rings. The second-order valence-electron chi connectivity index (χ2n) is 4.97. The van der Waals surface area contributed by atoms with Crippen LogP contribution in [0.3, 0.4) is 0 Å². The number of ether oxygens (including phenoxy) is 2. The Labute approximate surface area is 119 Å². The average Bonchev–Trinajstić information content (AvgIpc) is 3.00. The Balaban J connectivity index is 1.64. The third-order valence-corrected chi connectivity index (χ3v) is 3.46. The fourth-order valence-corrected chi connectivity index (χ4v) is 2.32. The van der Waals surface area contributed by atoms with E-state index >= 15 is 0 Å². The molecule has 20 heavy (non-hydrogen) atoms. The molecule has 1 N–H and O–H groups in total. The number of carbonyl (C=O) groups excluding carboxylic acids is 1. The number of hydrogen-bond donors (Lipinski definition) is 1. The summed E-state index contributed by atoms with van der Waals surface area (Å²) in [6.07, 6.45) is 7.51. The first-order valence-corrected chi connectivity index (χ1v) is 7.19. The molecule has 0 saturated carbocycles. The molecule has 0 aliphatic carbocycles. The molecule has 2 heterocycles. The van der Waals surface area contributed by atoms with Crippen LogP contribution in [0.15, 0.2) is 18.3 Å². The Bertz CT molecular complexity index is 431. The molecule has 110 valence electrons. The minimum atomic E-state index is -0.152. The zero-order valence-electron chi connectivity index (χ0n) is 11.9. The van der Waals surface area contributed by atoms with Gasteiger partial charge in [0.1, 0.15) is 11.4 Å². The lowest BCUT2D eigenvalue weighted by molar-refractivity contribution is 0.0942. The predicted molar refractivity (Wildman–Crippen MR) is 75.9 cm³/mol. The Kier molecular flexibility index (Phi) is 5.80. The monoisotopic (exact) mass is 278 g/mol. The van der Waals surface area contributed by atoms with E-state index in [4.69, 9.17) is 9.47 Å². The molecule has 0 aromatic carbocycles. The number of pyridine rings is 1. The topological polar surface area (TPSA) is 60.5 Å². The van der Waals surface area contributed by atoms with Crippen molar-refractivity contribution in [2.45, 2.75) is 38.2 Å². The highest BCUT2D eigenvalue weighted by Gasteiger charge is 2.14.